The maximum absolute atomic E-state index is 11.7. The van der Waals surface area contributed by atoms with Crippen LogP contribution < -0.4 is 4.57 Å². The van der Waals surface area contributed by atoms with E-state index in [4.69, 9.17) is 0 Å². The lowest BCUT2D eigenvalue weighted by Gasteiger charge is -2.26. The van der Waals surface area contributed by atoms with E-state index in [2.05, 4.69) is 4.57 Å². The summed E-state index contributed by atoms with van der Waals surface area (Å²) in [4.78, 5) is 0.254. The second-order valence-electron chi connectivity index (χ2n) is 6.81. The number of pyridine rings is 1. The molecule has 0 spiro atoms. The van der Waals surface area contributed by atoms with Crippen LogP contribution in [0.4, 0.5) is 0 Å². The summed E-state index contributed by atoms with van der Waals surface area (Å²) in [5, 5.41) is 11.7. The van der Waals surface area contributed by atoms with Crippen molar-refractivity contribution in [3.05, 3.63) is 95.8 Å². The molecule has 3 aromatic rings. The Labute approximate surface area is 153 Å². The zero-order valence-electron chi connectivity index (χ0n) is 14.4. The van der Waals surface area contributed by atoms with Gasteiger partial charge in [0.25, 0.3) is 0 Å². The average molecular weight is 366 g/mol. The van der Waals surface area contributed by atoms with Gasteiger partial charge in [-0.1, -0.05) is 48.5 Å². The molecule has 5 heteroatoms. The first-order valence-corrected chi connectivity index (χ1v) is 10.4. The zero-order chi connectivity index (χ0) is 18.4. The molecule has 0 saturated heterocycles. The van der Waals surface area contributed by atoms with Crippen molar-refractivity contribution in [1.82, 2.24) is 0 Å². The Bertz CT molecular complexity index is 1050. The summed E-state index contributed by atoms with van der Waals surface area (Å²) in [6.07, 6.45) is 3.63. The van der Waals surface area contributed by atoms with Crippen molar-refractivity contribution >= 4 is 9.84 Å². The number of aromatic nitrogens is 1. The van der Waals surface area contributed by atoms with Crippen LogP contribution in [0.5, 0.6) is 0 Å². The summed E-state index contributed by atoms with van der Waals surface area (Å²) in [5.41, 5.74) is 1.61. The van der Waals surface area contributed by atoms with Crippen LogP contribution in [0, 0.1) is 0 Å². The molecule has 0 radical (unpaired) electrons. The maximum Gasteiger partial charge on any atom is 0.216 e. The molecule has 0 fully saturated rings. The molecular formula is C21H20NO3S+. The minimum atomic E-state index is -3.27. The van der Waals surface area contributed by atoms with E-state index in [0.29, 0.717) is 12.0 Å². The topological polar surface area (TPSA) is 58.3 Å². The van der Waals surface area contributed by atoms with Crippen LogP contribution in [-0.4, -0.2) is 19.8 Å². The van der Waals surface area contributed by atoms with Gasteiger partial charge in [0.2, 0.25) is 6.04 Å². The van der Waals surface area contributed by atoms with Gasteiger partial charge >= 0.3 is 0 Å². The molecule has 1 aliphatic heterocycles. The standard InChI is InChI=1S/C21H20NO3S/c1-26(24,25)19-12-10-17(11-13-19)21(23)15-18-9-5-6-14-22(18)20(21)16-7-3-2-4-8-16/h2-14,20,23H,15H2,1H3/q+1/t20-,21-/m0/s1. The Morgan fingerprint density at radius 2 is 1.62 bits per heavy atom. The summed E-state index contributed by atoms with van der Waals surface area (Å²) in [7, 11) is -3.27. The van der Waals surface area contributed by atoms with E-state index in [9.17, 15) is 13.5 Å². The summed E-state index contributed by atoms with van der Waals surface area (Å²) in [6.45, 7) is 0. The number of hydrogen-bond acceptors (Lipinski definition) is 3. The molecule has 0 amide bonds. The van der Waals surface area contributed by atoms with E-state index < -0.39 is 15.4 Å². The van der Waals surface area contributed by atoms with Crippen molar-refractivity contribution in [3.63, 3.8) is 0 Å². The first kappa shape index (κ1) is 16.9. The number of sulfone groups is 1. The van der Waals surface area contributed by atoms with E-state index in [1.807, 2.05) is 54.7 Å². The fourth-order valence-corrected chi connectivity index (χ4v) is 4.45. The predicted octanol–water partition coefficient (Wildman–Crippen LogP) is 2.41. The zero-order valence-corrected chi connectivity index (χ0v) is 15.2. The SMILES string of the molecule is CS(=O)(=O)c1ccc([C@@]2(O)Cc3cccc[n+]3[C@H]2c2ccccc2)cc1. The van der Waals surface area contributed by atoms with Gasteiger partial charge in [-0.15, -0.1) is 0 Å². The van der Waals surface area contributed by atoms with E-state index >= 15 is 0 Å². The molecule has 4 rings (SSSR count). The number of aliphatic hydroxyl groups is 1. The third kappa shape index (κ3) is 2.73. The van der Waals surface area contributed by atoms with Gasteiger partial charge in [0.1, 0.15) is 0 Å². The highest BCUT2D eigenvalue weighted by molar-refractivity contribution is 7.90. The molecule has 0 saturated carbocycles. The summed E-state index contributed by atoms with van der Waals surface area (Å²) in [5.74, 6) is 0. The Balaban J connectivity index is 1.86. The molecule has 0 unspecified atom stereocenters. The highest BCUT2D eigenvalue weighted by atomic mass is 32.2. The van der Waals surface area contributed by atoms with Crippen LogP contribution in [-0.2, 0) is 21.9 Å². The lowest BCUT2D eigenvalue weighted by atomic mass is 9.82. The molecule has 2 aromatic carbocycles. The van der Waals surface area contributed by atoms with Crippen molar-refractivity contribution < 1.29 is 18.1 Å². The maximum atomic E-state index is 11.7. The van der Waals surface area contributed by atoms with Gasteiger partial charge in [-0.3, -0.25) is 0 Å². The van der Waals surface area contributed by atoms with Gasteiger partial charge in [0, 0.05) is 24.0 Å². The van der Waals surface area contributed by atoms with Crippen molar-refractivity contribution in [2.45, 2.75) is 23.0 Å². The Hall–Kier alpha value is -2.50. The summed E-state index contributed by atoms with van der Waals surface area (Å²) < 4.78 is 25.6. The van der Waals surface area contributed by atoms with Crippen LogP contribution in [0.25, 0.3) is 0 Å². The Morgan fingerprint density at radius 1 is 0.962 bits per heavy atom. The molecule has 132 valence electrons. The third-order valence-electron chi connectivity index (χ3n) is 5.06. The van der Waals surface area contributed by atoms with Crippen molar-refractivity contribution in [2.24, 2.45) is 0 Å². The molecule has 1 aliphatic rings. The van der Waals surface area contributed by atoms with Crippen LogP contribution in [0.3, 0.4) is 0 Å². The molecule has 4 nitrogen and oxygen atoms in total. The number of rotatable bonds is 3. The first-order valence-electron chi connectivity index (χ1n) is 8.46. The van der Waals surface area contributed by atoms with E-state index in [0.717, 1.165) is 11.3 Å². The Morgan fingerprint density at radius 3 is 2.27 bits per heavy atom. The number of benzene rings is 2. The molecule has 0 aliphatic carbocycles. The van der Waals surface area contributed by atoms with Crippen molar-refractivity contribution in [3.8, 4) is 0 Å². The fourth-order valence-electron chi connectivity index (χ4n) is 3.82. The molecule has 0 bridgehead atoms. The highest BCUT2D eigenvalue weighted by Crippen LogP contribution is 2.41. The molecule has 26 heavy (non-hydrogen) atoms. The van der Waals surface area contributed by atoms with Gasteiger partial charge in [0.05, 0.1) is 11.3 Å². The van der Waals surface area contributed by atoms with Gasteiger partial charge in [-0.2, -0.15) is 4.57 Å². The van der Waals surface area contributed by atoms with Gasteiger partial charge in [0.15, 0.2) is 27.3 Å². The summed E-state index contributed by atoms with van der Waals surface area (Å²) in [6, 6.07) is 22.1. The molecule has 1 aromatic heterocycles. The van der Waals surface area contributed by atoms with Gasteiger partial charge in [-0.05, 0) is 17.7 Å². The largest absolute Gasteiger partial charge is 0.377 e. The Kier molecular flexibility index (Phi) is 3.93. The lowest BCUT2D eigenvalue weighted by molar-refractivity contribution is -0.717. The lowest BCUT2D eigenvalue weighted by Crippen LogP contribution is -2.46. The minimum absolute atomic E-state index is 0.254. The second kappa shape index (κ2) is 6.04. The first-order chi connectivity index (χ1) is 12.4. The molecule has 2 atom stereocenters. The van der Waals surface area contributed by atoms with E-state index in [1.165, 1.54) is 6.26 Å². The van der Waals surface area contributed by atoms with Crippen molar-refractivity contribution in [1.29, 1.82) is 0 Å². The van der Waals surface area contributed by atoms with E-state index in [-0.39, 0.29) is 10.9 Å². The quantitative estimate of drug-likeness (QED) is 0.724. The van der Waals surface area contributed by atoms with E-state index in [1.54, 1.807) is 24.3 Å². The van der Waals surface area contributed by atoms with Crippen LogP contribution in [0.15, 0.2) is 83.9 Å². The summed E-state index contributed by atoms with van der Waals surface area (Å²) >= 11 is 0. The van der Waals surface area contributed by atoms with Gasteiger partial charge < -0.3 is 5.11 Å². The average Bonchev–Trinajstić information content (AvgIpc) is 2.95. The minimum Gasteiger partial charge on any atom is -0.377 e. The third-order valence-corrected chi connectivity index (χ3v) is 6.19. The number of hydrogen-bond donors (Lipinski definition) is 1. The molecule has 2 heterocycles. The van der Waals surface area contributed by atoms with Crippen LogP contribution >= 0.6 is 0 Å². The fraction of sp³-hybridized carbons (Fsp3) is 0.190. The monoisotopic (exact) mass is 366 g/mol. The molecular weight excluding hydrogens is 346 g/mol. The smallest absolute Gasteiger partial charge is 0.216 e. The number of fused-ring (bicyclic) bond motifs is 1. The van der Waals surface area contributed by atoms with Crippen LogP contribution in [0.2, 0.25) is 0 Å². The highest BCUT2D eigenvalue weighted by Gasteiger charge is 2.53. The predicted molar refractivity (Wildman–Crippen MR) is 98.4 cm³/mol. The number of nitrogens with zero attached hydrogens (tertiary/aromatic N) is 1. The van der Waals surface area contributed by atoms with Gasteiger partial charge in [-0.25, -0.2) is 8.42 Å². The second-order valence-corrected chi connectivity index (χ2v) is 8.83. The van der Waals surface area contributed by atoms with Crippen molar-refractivity contribution in [2.75, 3.05) is 6.26 Å². The molecule has 1 N–H and O–H groups in total. The van der Waals surface area contributed by atoms with Crippen LogP contribution in [0.1, 0.15) is 22.9 Å². The normalized spacial score (nSPS) is 22.2.